The van der Waals surface area contributed by atoms with Crippen molar-refractivity contribution < 1.29 is 23.8 Å². The minimum Gasteiger partial charge on any atom is -0.477 e. The van der Waals surface area contributed by atoms with Gasteiger partial charge in [-0.05, 0) is 61.8 Å². The predicted octanol–water partition coefficient (Wildman–Crippen LogP) is 4.75. The third kappa shape index (κ3) is 6.01. The summed E-state index contributed by atoms with van der Waals surface area (Å²) in [7, 11) is 1.36. The molecule has 7 heteroatoms. The highest BCUT2D eigenvalue weighted by Gasteiger charge is 2.42. The fraction of sp³-hybridized carbons (Fsp3) is 0.536. The normalized spacial score (nSPS) is 18.9. The van der Waals surface area contributed by atoms with Crippen LogP contribution in [0.4, 0.5) is 0 Å². The van der Waals surface area contributed by atoms with E-state index in [0.717, 1.165) is 11.1 Å². The van der Waals surface area contributed by atoms with Gasteiger partial charge in [-0.25, -0.2) is 9.78 Å². The van der Waals surface area contributed by atoms with Gasteiger partial charge in [0.05, 0.1) is 30.7 Å². The molecular formula is C28H36N2O5. The summed E-state index contributed by atoms with van der Waals surface area (Å²) in [6.45, 7) is 3.70. The van der Waals surface area contributed by atoms with E-state index in [1.807, 2.05) is 31.2 Å². The number of hydrogen-bond donors (Lipinski definition) is 1. The van der Waals surface area contributed by atoms with E-state index in [9.17, 15) is 9.59 Å². The molecule has 35 heavy (non-hydrogen) atoms. The van der Waals surface area contributed by atoms with Crippen LogP contribution in [-0.2, 0) is 19.7 Å². The molecule has 0 bridgehead atoms. The predicted molar refractivity (Wildman–Crippen MR) is 132 cm³/mol. The Morgan fingerprint density at radius 2 is 1.80 bits per heavy atom. The molecule has 188 valence electrons. The Balaban J connectivity index is 1.44. The van der Waals surface area contributed by atoms with E-state index < -0.39 is 5.41 Å². The number of ether oxygens (including phenoxy) is 3. The molecule has 1 saturated heterocycles. The maximum absolute atomic E-state index is 13.6. The Morgan fingerprint density at radius 1 is 1.09 bits per heavy atom. The summed E-state index contributed by atoms with van der Waals surface area (Å²) in [4.78, 5) is 29.9. The lowest BCUT2D eigenvalue weighted by atomic mass is 9.73. The van der Waals surface area contributed by atoms with Gasteiger partial charge >= 0.3 is 5.97 Å². The molecule has 2 aromatic rings. The third-order valence-corrected chi connectivity index (χ3v) is 7.44. The quantitative estimate of drug-likeness (QED) is 0.549. The number of aromatic nitrogens is 1. The third-order valence-electron chi connectivity index (χ3n) is 7.44. The monoisotopic (exact) mass is 480 g/mol. The molecule has 1 aromatic heterocycles. The van der Waals surface area contributed by atoms with Crippen molar-refractivity contribution in [3.05, 3.63) is 59.3 Å². The number of nitrogens with zero attached hydrogens (tertiary/aromatic N) is 1. The van der Waals surface area contributed by atoms with Crippen LogP contribution >= 0.6 is 0 Å². The number of rotatable bonds is 8. The summed E-state index contributed by atoms with van der Waals surface area (Å²) in [6.07, 6.45) is 9.33. The Kier molecular flexibility index (Phi) is 8.39. The van der Waals surface area contributed by atoms with Gasteiger partial charge in [0.1, 0.15) is 0 Å². The number of amides is 1. The standard InChI is InChI=1S/C28H36N2O5/c1-20(22-8-10-23(11-9-22)26(31)33-2)30-27(32)28(14-16-34-17-15-28)24-12-13-25(29-18-24)35-19-21-6-4-3-5-7-21/h8-13,18,20-21H,3-7,14-17,19H2,1-2H3,(H,30,32). The van der Waals surface area contributed by atoms with Crippen LogP contribution in [0.5, 0.6) is 5.88 Å². The molecule has 1 aliphatic carbocycles. The average molecular weight is 481 g/mol. The summed E-state index contributed by atoms with van der Waals surface area (Å²) in [5.41, 5.74) is 1.58. The number of nitrogens with one attached hydrogen (secondary N) is 1. The van der Waals surface area contributed by atoms with E-state index in [-0.39, 0.29) is 17.9 Å². The fourth-order valence-corrected chi connectivity index (χ4v) is 5.12. The molecule has 1 aliphatic heterocycles. The van der Waals surface area contributed by atoms with Gasteiger partial charge in [0.2, 0.25) is 11.8 Å². The van der Waals surface area contributed by atoms with Gasteiger partial charge in [0, 0.05) is 25.5 Å². The van der Waals surface area contributed by atoms with E-state index in [1.165, 1.54) is 39.2 Å². The SMILES string of the molecule is COC(=O)c1ccc(C(C)NC(=O)C2(c3ccc(OCC4CCCCC4)nc3)CCOCC2)cc1. The van der Waals surface area contributed by atoms with Crippen LogP contribution in [0, 0.1) is 5.92 Å². The van der Waals surface area contributed by atoms with Crippen molar-refractivity contribution in [2.75, 3.05) is 26.9 Å². The summed E-state index contributed by atoms with van der Waals surface area (Å²) >= 11 is 0. The summed E-state index contributed by atoms with van der Waals surface area (Å²) < 4.78 is 16.3. The smallest absolute Gasteiger partial charge is 0.337 e. The van der Waals surface area contributed by atoms with Crippen LogP contribution in [0.1, 0.15) is 79.4 Å². The van der Waals surface area contributed by atoms with E-state index >= 15 is 0 Å². The lowest BCUT2D eigenvalue weighted by Gasteiger charge is -2.37. The largest absolute Gasteiger partial charge is 0.477 e. The van der Waals surface area contributed by atoms with Crippen molar-refractivity contribution in [1.29, 1.82) is 0 Å². The zero-order chi connectivity index (χ0) is 24.7. The number of carbonyl (C=O) groups excluding carboxylic acids is 2. The Labute approximate surface area is 207 Å². The van der Waals surface area contributed by atoms with Crippen LogP contribution in [-0.4, -0.2) is 43.8 Å². The number of carbonyl (C=O) groups is 2. The van der Waals surface area contributed by atoms with E-state index in [2.05, 4.69) is 10.3 Å². The average Bonchev–Trinajstić information content (AvgIpc) is 2.92. The molecule has 2 aliphatic rings. The van der Waals surface area contributed by atoms with Crippen molar-refractivity contribution in [3.8, 4) is 5.88 Å². The molecule has 2 fully saturated rings. The second-order valence-electron chi connectivity index (χ2n) is 9.70. The van der Waals surface area contributed by atoms with Gasteiger partial charge in [0.25, 0.3) is 0 Å². The maximum atomic E-state index is 13.6. The molecule has 2 heterocycles. The topological polar surface area (TPSA) is 86.8 Å². The minimum atomic E-state index is -0.701. The number of esters is 1. The van der Waals surface area contributed by atoms with Crippen LogP contribution in [0.3, 0.4) is 0 Å². The molecule has 1 atom stereocenters. The summed E-state index contributed by atoms with van der Waals surface area (Å²) in [5.74, 6) is 0.804. The number of pyridine rings is 1. The van der Waals surface area contributed by atoms with Crippen molar-refractivity contribution in [2.45, 2.75) is 63.3 Å². The molecule has 7 nitrogen and oxygen atoms in total. The first-order valence-corrected chi connectivity index (χ1v) is 12.7. The first kappa shape index (κ1) is 25.2. The molecule has 1 aromatic carbocycles. The van der Waals surface area contributed by atoms with Gasteiger partial charge in [-0.3, -0.25) is 4.79 Å². The lowest BCUT2D eigenvalue weighted by molar-refractivity contribution is -0.131. The van der Waals surface area contributed by atoms with Crippen molar-refractivity contribution >= 4 is 11.9 Å². The highest BCUT2D eigenvalue weighted by atomic mass is 16.5. The van der Waals surface area contributed by atoms with Crippen LogP contribution in [0.15, 0.2) is 42.6 Å². The van der Waals surface area contributed by atoms with Crippen molar-refractivity contribution in [1.82, 2.24) is 10.3 Å². The fourth-order valence-electron chi connectivity index (χ4n) is 5.12. The van der Waals surface area contributed by atoms with Gasteiger partial charge in [-0.1, -0.05) is 37.5 Å². The molecule has 0 spiro atoms. The molecule has 1 unspecified atom stereocenters. The first-order chi connectivity index (χ1) is 17.0. The van der Waals surface area contributed by atoms with Gasteiger partial charge in [-0.2, -0.15) is 0 Å². The van der Waals surface area contributed by atoms with Crippen molar-refractivity contribution in [3.63, 3.8) is 0 Å². The summed E-state index contributed by atoms with van der Waals surface area (Å²) in [6, 6.07) is 10.7. The lowest BCUT2D eigenvalue weighted by Crippen LogP contribution is -2.48. The minimum absolute atomic E-state index is 0.0389. The first-order valence-electron chi connectivity index (χ1n) is 12.7. The van der Waals surface area contributed by atoms with Crippen LogP contribution in [0.2, 0.25) is 0 Å². The van der Waals surface area contributed by atoms with Gasteiger partial charge < -0.3 is 19.5 Å². The van der Waals surface area contributed by atoms with Crippen molar-refractivity contribution in [2.24, 2.45) is 5.92 Å². The Bertz CT molecular complexity index is 977. The second kappa shape index (κ2) is 11.7. The molecule has 1 saturated carbocycles. The number of benzene rings is 1. The highest BCUT2D eigenvalue weighted by molar-refractivity contribution is 5.90. The van der Waals surface area contributed by atoms with E-state index in [1.54, 1.807) is 18.3 Å². The zero-order valence-electron chi connectivity index (χ0n) is 20.8. The van der Waals surface area contributed by atoms with Crippen LogP contribution in [0.25, 0.3) is 0 Å². The maximum Gasteiger partial charge on any atom is 0.337 e. The number of methoxy groups -OCH3 is 1. The number of hydrogen-bond acceptors (Lipinski definition) is 6. The summed E-state index contributed by atoms with van der Waals surface area (Å²) in [5, 5.41) is 3.18. The Morgan fingerprint density at radius 3 is 2.43 bits per heavy atom. The molecule has 0 radical (unpaired) electrons. The van der Waals surface area contributed by atoms with E-state index in [4.69, 9.17) is 14.2 Å². The van der Waals surface area contributed by atoms with Gasteiger partial charge in [0.15, 0.2) is 0 Å². The zero-order valence-corrected chi connectivity index (χ0v) is 20.8. The Hall–Kier alpha value is -2.93. The van der Waals surface area contributed by atoms with Gasteiger partial charge in [-0.15, -0.1) is 0 Å². The molecule has 1 amide bonds. The highest BCUT2D eigenvalue weighted by Crippen LogP contribution is 2.36. The molecular weight excluding hydrogens is 444 g/mol. The molecule has 1 N–H and O–H groups in total. The molecule has 4 rings (SSSR count). The second-order valence-corrected chi connectivity index (χ2v) is 9.70. The van der Waals surface area contributed by atoms with E-state index in [0.29, 0.717) is 50.0 Å². The van der Waals surface area contributed by atoms with Crippen LogP contribution < -0.4 is 10.1 Å².